The molecule has 3 rings (SSSR count). The third-order valence-electron chi connectivity index (χ3n) is 4.25. The van der Waals surface area contributed by atoms with Gasteiger partial charge in [-0.25, -0.2) is 0 Å². The van der Waals surface area contributed by atoms with E-state index in [-0.39, 0.29) is 5.41 Å². The van der Waals surface area contributed by atoms with Crippen LogP contribution in [0.2, 0.25) is 0 Å². The lowest BCUT2D eigenvalue weighted by Gasteiger charge is -2.32. The summed E-state index contributed by atoms with van der Waals surface area (Å²) in [5.41, 5.74) is 2.79. The van der Waals surface area contributed by atoms with Gasteiger partial charge in [0.15, 0.2) is 0 Å². The minimum absolute atomic E-state index is 0.205. The zero-order valence-corrected chi connectivity index (χ0v) is 10.6. The van der Waals surface area contributed by atoms with Gasteiger partial charge in [-0.1, -0.05) is 56.3 Å². The van der Waals surface area contributed by atoms with Gasteiger partial charge in [-0.3, -0.25) is 4.99 Å². The number of rotatable bonds is 1. The minimum Gasteiger partial charge on any atom is -0.281 e. The van der Waals surface area contributed by atoms with Crippen LogP contribution in [0.3, 0.4) is 0 Å². The summed E-state index contributed by atoms with van der Waals surface area (Å²) in [6.45, 7) is 4.70. The summed E-state index contributed by atoms with van der Waals surface area (Å²) >= 11 is 0. The summed E-state index contributed by atoms with van der Waals surface area (Å²) in [5, 5.41) is 0. The second-order valence-electron chi connectivity index (χ2n) is 5.67. The third-order valence-corrected chi connectivity index (χ3v) is 4.25. The molecule has 1 aliphatic carbocycles. The predicted octanol–water partition coefficient (Wildman–Crippen LogP) is 3.85. The largest absolute Gasteiger partial charge is 0.281 e. The van der Waals surface area contributed by atoms with E-state index in [9.17, 15) is 0 Å². The highest BCUT2D eigenvalue weighted by molar-refractivity contribution is 6.06. The second-order valence-corrected chi connectivity index (χ2v) is 5.67. The highest BCUT2D eigenvalue weighted by Crippen LogP contribution is 2.45. The summed E-state index contributed by atoms with van der Waals surface area (Å²) in [5.74, 6) is 0.683. The van der Waals surface area contributed by atoms with Crippen molar-refractivity contribution in [3.8, 4) is 0 Å². The maximum atomic E-state index is 4.96. The number of benzene rings is 1. The Kier molecular flexibility index (Phi) is 2.43. The zero-order valence-electron chi connectivity index (χ0n) is 10.6. The van der Waals surface area contributed by atoms with Crippen molar-refractivity contribution >= 4 is 5.71 Å². The minimum atomic E-state index is 0.205. The maximum Gasteiger partial charge on any atom is 0.0720 e. The van der Waals surface area contributed by atoms with Crippen molar-refractivity contribution in [1.82, 2.24) is 0 Å². The number of nitrogens with zero attached hydrogens (tertiary/aromatic N) is 1. The molecule has 2 atom stereocenters. The molecule has 1 aliphatic heterocycles. The van der Waals surface area contributed by atoms with Gasteiger partial charge in [0.1, 0.15) is 0 Å². The van der Waals surface area contributed by atoms with Gasteiger partial charge in [-0.05, 0) is 24.3 Å². The molecule has 1 heterocycles. The van der Waals surface area contributed by atoms with Gasteiger partial charge in [0.05, 0.1) is 6.04 Å². The molecule has 1 aromatic rings. The highest BCUT2D eigenvalue weighted by atomic mass is 14.9. The van der Waals surface area contributed by atoms with Crippen LogP contribution in [-0.4, -0.2) is 11.8 Å². The first kappa shape index (κ1) is 10.8. The average Bonchev–Trinajstić information content (AvgIpc) is 2.63. The average molecular weight is 225 g/mol. The molecule has 2 aliphatic rings. The van der Waals surface area contributed by atoms with E-state index in [4.69, 9.17) is 4.99 Å². The first-order valence-corrected chi connectivity index (χ1v) is 6.50. The van der Waals surface area contributed by atoms with Crippen LogP contribution in [-0.2, 0) is 0 Å². The summed E-state index contributed by atoms with van der Waals surface area (Å²) in [4.78, 5) is 4.96. The highest BCUT2D eigenvalue weighted by Gasteiger charge is 2.44. The molecule has 0 saturated heterocycles. The maximum absolute atomic E-state index is 4.96. The molecule has 88 valence electrons. The Morgan fingerprint density at radius 1 is 1.18 bits per heavy atom. The lowest BCUT2D eigenvalue weighted by Crippen LogP contribution is -2.32. The molecule has 0 aromatic heterocycles. The van der Waals surface area contributed by atoms with E-state index in [1.807, 2.05) is 0 Å². The van der Waals surface area contributed by atoms with Crippen molar-refractivity contribution in [2.45, 2.75) is 32.7 Å². The Morgan fingerprint density at radius 3 is 2.65 bits per heavy atom. The number of hydrogen-bond acceptors (Lipinski definition) is 1. The molecule has 1 nitrogen and oxygen atoms in total. The van der Waals surface area contributed by atoms with Crippen LogP contribution in [0.4, 0.5) is 0 Å². The van der Waals surface area contributed by atoms with Gasteiger partial charge in [-0.15, -0.1) is 0 Å². The van der Waals surface area contributed by atoms with Crippen molar-refractivity contribution in [2.24, 2.45) is 16.3 Å². The Hall–Kier alpha value is -1.37. The van der Waals surface area contributed by atoms with Gasteiger partial charge >= 0.3 is 0 Å². The molecular weight excluding hydrogens is 206 g/mol. The molecule has 0 fully saturated rings. The van der Waals surface area contributed by atoms with Crippen LogP contribution < -0.4 is 0 Å². The van der Waals surface area contributed by atoms with Crippen molar-refractivity contribution < 1.29 is 0 Å². The smallest absolute Gasteiger partial charge is 0.0720 e. The first-order chi connectivity index (χ1) is 8.19. The van der Waals surface area contributed by atoms with Gasteiger partial charge in [0.2, 0.25) is 0 Å². The SMILES string of the molecule is CC1(C)C(c2ccccc2)=N[C@H]2C=CCC[C@H]21. The molecule has 1 heteroatoms. The molecule has 0 amide bonds. The van der Waals surface area contributed by atoms with Crippen molar-refractivity contribution in [3.63, 3.8) is 0 Å². The van der Waals surface area contributed by atoms with Crippen LogP contribution in [0.15, 0.2) is 47.5 Å². The van der Waals surface area contributed by atoms with Crippen molar-refractivity contribution in [3.05, 3.63) is 48.0 Å². The van der Waals surface area contributed by atoms with E-state index in [2.05, 4.69) is 56.3 Å². The Labute approximate surface area is 103 Å². The fraction of sp³-hybridized carbons (Fsp3) is 0.438. The summed E-state index contributed by atoms with van der Waals surface area (Å²) in [6.07, 6.45) is 7.07. The van der Waals surface area contributed by atoms with Gasteiger partial charge in [0, 0.05) is 11.1 Å². The number of hydrogen-bond donors (Lipinski definition) is 0. The second kappa shape index (κ2) is 3.83. The molecule has 0 radical (unpaired) electrons. The van der Waals surface area contributed by atoms with E-state index in [0.29, 0.717) is 12.0 Å². The quantitative estimate of drug-likeness (QED) is 0.644. The molecule has 0 spiro atoms. The summed E-state index contributed by atoms with van der Waals surface area (Å²) < 4.78 is 0. The van der Waals surface area contributed by atoms with Gasteiger partial charge < -0.3 is 0 Å². The van der Waals surface area contributed by atoms with E-state index >= 15 is 0 Å². The van der Waals surface area contributed by atoms with E-state index in [0.717, 1.165) is 0 Å². The Morgan fingerprint density at radius 2 is 1.94 bits per heavy atom. The molecular formula is C16H19N. The summed E-state index contributed by atoms with van der Waals surface area (Å²) in [7, 11) is 0. The van der Waals surface area contributed by atoms with E-state index in [1.54, 1.807) is 0 Å². The zero-order chi connectivity index (χ0) is 11.9. The number of fused-ring (bicyclic) bond motifs is 1. The molecule has 17 heavy (non-hydrogen) atoms. The fourth-order valence-corrected chi connectivity index (χ4v) is 3.27. The van der Waals surface area contributed by atoms with Gasteiger partial charge in [0.25, 0.3) is 0 Å². The normalized spacial score (nSPS) is 29.9. The fourth-order valence-electron chi connectivity index (χ4n) is 3.27. The van der Waals surface area contributed by atoms with Crippen molar-refractivity contribution in [2.75, 3.05) is 0 Å². The van der Waals surface area contributed by atoms with Crippen LogP contribution in [0, 0.1) is 11.3 Å². The molecule has 0 bridgehead atoms. The monoisotopic (exact) mass is 225 g/mol. The standard InChI is InChI=1S/C16H19N/c1-16(2)13-10-6-7-11-14(13)17-15(16)12-8-4-3-5-9-12/h3-5,7-9,11,13-14H,6,10H2,1-2H3/t13-,14+/m1/s1. The number of aliphatic imine (C=N–C) groups is 1. The van der Waals surface area contributed by atoms with Crippen LogP contribution in [0.25, 0.3) is 0 Å². The Bertz CT molecular complexity index is 468. The lowest BCUT2D eigenvalue weighted by atomic mass is 9.70. The predicted molar refractivity (Wildman–Crippen MR) is 72.4 cm³/mol. The van der Waals surface area contributed by atoms with Crippen LogP contribution in [0.1, 0.15) is 32.3 Å². The van der Waals surface area contributed by atoms with Crippen molar-refractivity contribution in [1.29, 1.82) is 0 Å². The van der Waals surface area contributed by atoms with Crippen LogP contribution in [0.5, 0.6) is 0 Å². The summed E-state index contributed by atoms with van der Waals surface area (Å²) in [6, 6.07) is 11.0. The topological polar surface area (TPSA) is 12.4 Å². The van der Waals surface area contributed by atoms with Gasteiger partial charge in [-0.2, -0.15) is 0 Å². The molecule has 0 N–H and O–H groups in total. The van der Waals surface area contributed by atoms with E-state index < -0.39 is 0 Å². The first-order valence-electron chi connectivity index (χ1n) is 6.50. The molecule has 1 aromatic carbocycles. The molecule has 0 unspecified atom stereocenters. The molecule has 0 saturated carbocycles. The van der Waals surface area contributed by atoms with Crippen LogP contribution >= 0.6 is 0 Å². The number of allylic oxidation sites excluding steroid dienone is 1. The van der Waals surface area contributed by atoms with E-state index in [1.165, 1.54) is 24.1 Å². The third kappa shape index (κ3) is 1.65. The lowest BCUT2D eigenvalue weighted by molar-refractivity contribution is 0.290. The Balaban J connectivity index is 2.03.